The Bertz CT molecular complexity index is 1150. The number of ether oxygens (including phenoxy) is 1. The van der Waals surface area contributed by atoms with Crippen molar-refractivity contribution in [2.45, 2.75) is 10.6 Å². The fourth-order valence-electron chi connectivity index (χ4n) is 2.93. The second-order valence-electron chi connectivity index (χ2n) is 6.81. The second kappa shape index (κ2) is 10.2. The highest BCUT2D eigenvalue weighted by molar-refractivity contribution is 7.98. The monoisotopic (exact) mass is 445 g/mol. The quantitative estimate of drug-likeness (QED) is 0.296. The van der Waals surface area contributed by atoms with Gasteiger partial charge in [-0.25, -0.2) is 0 Å². The number of hydrogen-bond donors (Lipinski definition) is 1. The van der Waals surface area contributed by atoms with Gasteiger partial charge in [-0.1, -0.05) is 60.1 Å². The summed E-state index contributed by atoms with van der Waals surface area (Å²) in [6.45, 7) is 0. The lowest BCUT2D eigenvalue weighted by atomic mass is 10.1. The van der Waals surface area contributed by atoms with Crippen molar-refractivity contribution in [3.05, 3.63) is 119 Å². The van der Waals surface area contributed by atoms with Gasteiger partial charge in [0.05, 0.1) is 5.69 Å². The molecule has 3 nitrogen and oxygen atoms in total. The Morgan fingerprint density at radius 3 is 2.23 bits per heavy atom. The Labute approximate surface area is 191 Å². The minimum Gasteiger partial charge on any atom is -0.455 e. The van der Waals surface area contributed by atoms with Gasteiger partial charge in [-0.05, 0) is 60.2 Å². The number of anilines is 1. The average molecular weight is 446 g/mol. The van der Waals surface area contributed by atoms with E-state index in [-0.39, 0.29) is 5.91 Å². The Kier molecular flexibility index (Phi) is 6.92. The minimum absolute atomic E-state index is 0.220. The normalized spacial score (nSPS) is 10.5. The van der Waals surface area contributed by atoms with Gasteiger partial charge >= 0.3 is 0 Å². The Morgan fingerprint density at radius 2 is 1.52 bits per heavy atom. The maximum Gasteiger partial charge on any atom is 0.255 e. The van der Waals surface area contributed by atoms with E-state index in [2.05, 4.69) is 17.4 Å². The van der Waals surface area contributed by atoms with E-state index in [9.17, 15) is 4.79 Å². The number of para-hydroxylation sites is 1. The lowest BCUT2D eigenvalue weighted by Crippen LogP contribution is -2.12. The van der Waals surface area contributed by atoms with Crippen molar-refractivity contribution in [2.75, 3.05) is 5.32 Å². The summed E-state index contributed by atoms with van der Waals surface area (Å²) in [4.78, 5) is 14.0. The molecule has 1 amide bonds. The first-order valence-electron chi connectivity index (χ1n) is 9.78. The lowest BCUT2D eigenvalue weighted by Gasteiger charge is -2.13. The molecule has 0 bridgehead atoms. The van der Waals surface area contributed by atoms with Crippen molar-refractivity contribution in [2.24, 2.45) is 0 Å². The number of carbonyl (C=O) groups excluding carboxylic acids is 1. The van der Waals surface area contributed by atoms with E-state index in [1.54, 1.807) is 30.0 Å². The smallest absolute Gasteiger partial charge is 0.255 e. The van der Waals surface area contributed by atoms with Gasteiger partial charge in [-0.15, -0.1) is 11.8 Å². The third kappa shape index (κ3) is 5.91. The van der Waals surface area contributed by atoms with Crippen LogP contribution in [0.15, 0.2) is 108 Å². The van der Waals surface area contributed by atoms with Crippen LogP contribution < -0.4 is 10.1 Å². The molecule has 4 aromatic rings. The van der Waals surface area contributed by atoms with E-state index in [1.165, 1.54) is 4.90 Å². The molecule has 0 aromatic heterocycles. The molecule has 31 heavy (non-hydrogen) atoms. The molecular weight excluding hydrogens is 426 g/mol. The number of amides is 1. The Balaban J connectivity index is 1.43. The number of benzene rings is 4. The van der Waals surface area contributed by atoms with Gasteiger partial charge in [0, 0.05) is 21.2 Å². The van der Waals surface area contributed by atoms with Crippen LogP contribution in [0.2, 0.25) is 5.02 Å². The largest absolute Gasteiger partial charge is 0.455 e. The van der Waals surface area contributed by atoms with Gasteiger partial charge in [0.15, 0.2) is 5.75 Å². The number of hydrogen-bond acceptors (Lipinski definition) is 3. The van der Waals surface area contributed by atoms with Crippen molar-refractivity contribution in [1.82, 2.24) is 0 Å². The first kappa shape index (κ1) is 21.0. The van der Waals surface area contributed by atoms with E-state index < -0.39 is 0 Å². The van der Waals surface area contributed by atoms with Crippen LogP contribution >= 0.6 is 23.4 Å². The molecule has 0 aliphatic heterocycles. The van der Waals surface area contributed by atoms with Crippen LogP contribution in [0.5, 0.6) is 11.5 Å². The van der Waals surface area contributed by atoms with Crippen molar-refractivity contribution in [3.63, 3.8) is 0 Å². The van der Waals surface area contributed by atoms with Crippen molar-refractivity contribution in [3.8, 4) is 11.5 Å². The lowest BCUT2D eigenvalue weighted by molar-refractivity contribution is 0.102. The number of rotatable bonds is 7. The van der Waals surface area contributed by atoms with Crippen LogP contribution in [-0.4, -0.2) is 5.91 Å². The van der Waals surface area contributed by atoms with Gasteiger partial charge in [0.1, 0.15) is 5.75 Å². The summed E-state index contributed by atoms with van der Waals surface area (Å²) >= 11 is 7.91. The molecule has 0 saturated heterocycles. The van der Waals surface area contributed by atoms with Crippen molar-refractivity contribution in [1.29, 1.82) is 0 Å². The van der Waals surface area contributed by atoms with Gasteiger partial charge < -0.3 is 10.1 Å². The zero-order chi connectivity index (χ0) is 21.5. The zero-order valence-electron chi connectivity index (χ0n) is 16.6. The molecule has 4 rings (SSSR count). The molecule has 1 N–H and O–H groups in total. The predicted octanol–water partition coefficient (Wildman–Crippen LogP) is 7.68. The highest BCUT2D eigenvalue weighted by Gasteiger charge is 2.12. The third-order valence-electron chi connectivity index (χ3n) is 4.53. The molecule has 0 aliphatic rings. The first-order chi connectivity index (χ1) is 15.2. The molecule has 0 heterocycles. The molecule has 0 unspecified atom stereocenters. The molecule has 5 heteroatoms. The van der Waals surface area contributed by atoms with E-state index in [4.69, 9.17) is 16.3 Å². The Hall–Kier alpha value is -3.21. The summed E-state index contributed by atoms with van der Waals surface area (Å²) in [5.41, 5.74) is 2.24. The highest BCUT2D eigenvalue weighted by atomic mass is 35.5. The van der Waals surface area contributed by atoms with Gasteiger partial charge in [0.25, 0.3) is 5.91 Å². The van der Waals surface area contributed by atoms with E-state index >= 15 is 0 Å². The molecule has 0 saturated carbocycles. The number of carbonyl (C=O) groups is 1. The fourth-order valence-corrected chi connectivity index (χ4v) is 3.98. The van der Waals surface area contributed by atoms with Gasteiger partial charge in [-0.2, -0.15) is 0 Å². The fraction of sp³-hybridized carbons (Fsp3) is 0.0385. The molecular formula is C26H20ClNO2S. The highest BCUT2D eigenvalue weighted by Crippen LogP contribution is 2.32. The van der Waals surface area contributed by atoms with E-state index in [0.29, 0.717) is 27.8 Å². The SMILES string of the molecule is O=C(Nc1cc(Cl)ccc1Oc1ccccc1)c1ccc(CSc2ccccc2)cc1. The molecule has 0 fully saturated rings. The molecule has 154 valence electrons. The predicted molar refractivity (Wildman–Crippen MR) is 128 cm³/mol. The van der Waals surface area contributed by atoms with Crippen LogP contribution in [0.25, 0.3) is 0 Å². The molecule has 0 aliphatic carbocycles. The summed E-state index contributed by atoms with van der Waals surface area (Å²) in [5.74, 6) is 1.83. The summed E-state index contributed by atoms with van der Waals surface area (Å²) in [7, 11) is 0. The summed E-state index contributed by atoms with van der Waals surface area (Å²) < 4.78 is 5.92. The molecule has 0 atom stereocenters. The second-order valence-corrected chi connectivity index (χ2v) is 8.29. The summed E-state index contributed by atoms with van der Waals surface area (Å²) in [6.07, 6.45) is 0. The first-order valence-corrected chi connectivity index (χ1v) is 11.1. The number of nitrogens with one attached hydrogen (secondary N) is 1. The zero-order valence-corrected chi connectivity index (χ0v) is 18.2. The van der Waals surface area contributed by atoms with Gasteiger partial charge in [0.2, 0.25) is 0 Å². The molecule has 0 spiro atoms. The minimum atomic E-state index is -0.220. The van der Waals surface area contributed by atoms with E-state index in [1.807, 2.05) is 72.8 Å². The van der Waals surface area contributed by atoms with Crippen molar-refractivity contribution < 1.29 is 9.53 Å². The van der Waals surface area contributed by atoms with Crippen LogP contribution in [0, 0.1) is 0 Å². The van der Waals surface area contributed by atoms with Crippen molar-refractivity contribution >= 4 is 35.0 Å². The van der Waals surface area contributed by atoms with Crippen LogP contribution in [0.4, 0.5) is 5.69 Å². The van der Waals surface area contributed by atoms with Crippen LogP contribution in [0.3, 0.4) is 0 Å². The summed E-state index contributed by atoms with van der Waals surface area (Å²) in [5, 5.41) is 3.43. The van der Waals surface area contributed by atoms with Gasteiger partial charge in [-0.3, -0.25) is 4.79 Å². The third-order valence-corrected chi connectivity index (χ3v) is 5.84. The molecule has 0 radical (unpaired) electrons. The summed E-state index contributed by atoms with van der Waals surface area (Å²) in [6, 6.07) is 32.4. The number of thioether (sulfide) groups is 1. The maximum atomic E-state index is 12.8. The maximum absolute atomic E-state index is 12.8. The van der Waals surface area contributed by atoms with Crippen LogP contribution in [-0.2, 0) is 5.75 Å². The molecule has 4 aromatic carbocycles. The standard InChI is InChI=1S/C26H20ClNO2S/c27-21-15-16-25(30-22-7-3-1-4-8-22)24(17-21)28-26(29)20-13-11-19(12-14-20)18-31-23-9-5-2-6-10-23/h1-17H,18H2,(H,28,29). The number of halogens is 1. The van der Waals surface area contributed by atoms with E-state index in [0.717, 1.165) is 11.3 Å². The average Bonchev–Trinajstić information content (AvgIpc) is 2.81. The topological polar surface area (TPSA) is 38.3 Å². The Morgan fingerprint density at radius 1 is 0.839 bits per heavy atom. The van der Waals surface area contributed by atoms with Crippen LogP contribution in [0.1, 0.15) is 15.9 Å².